The summed E-state index contributed by atoms with van der Waals surface area (Å²) in [4.78, 5) is 37.7. The second-order valence-corrected chi connectivity index (χ2v) is 26.6. The fraction of sp³-hybridized carbons (Fsp3) is 0.663. The first-order valence-electron chi connectivity index (χ1n) is 38.6. The summed E-state index contributed by atoms with van der Waals surface area (Å²) in [6, 6.07) is 0. The lowest BCUT2D eigenvalue weighted by molar-refractivity contribution is -0.870. The minimum absolute atomic E-state index is 0.179. The number of likely N-dealkylation sites (N-methyl/N-ethyl adjacent to an activating group) is 1. The maximum Gasteiger partial charge on any atom is 0.361 e. The zero-order chi connectivity index (χ0) is 69.0. The third-order valence-corrected chi connectivity index (χ3v) is 16.3. The van der Waals surface area contributed by atoms with Crippen molar-refractivity contribution in [3.63, 3.8) is 0 Å². The van der Waals surface area contributed by atoms with Gasteiger partial charge >= 0.3 is 17.9 Å². The summed E-state index contributed by atoms with van der Waals surface area (Å²) in [7, 11) is 5.97. The van der Waals surface area contributed by atoms with E-state index in [-0.39, 0.29) is 32.2 Å². The Bertz CT molecular complexity index is 2130. The third-order valence-electron chi connectivity index (χ3n) is 16.3. The van der Waals surface area contributed by atoms with E-state index in [0.717, 1.165) is 122 Å². The number of carboxylic acids is 1. The fourth-order valence-electron chi connectivity index (χ4n) is 10.4. The molecule has 0 bridgehead atoms. The molecule has 0 spiro atoms. The van der Waals surface area contributed by atoms with Gasteiger partial charge in [-0.2, -0.15) is 0 Å². The predicted octanol–water partition coefficient (Wildman–Crippen LogP) is 24.8. The van der Waals surface area contributed by atoms with Gasteiger partial charge in [-0.1, -0.05) is 326 Å². The van der Waals surface area contributed by atoms with Gasteiger partial charge in [0.25, 0.3) is 6.29 Å². The van der Waals surface area contributed by atoms with Gasteiger partial charge in [-0.3, -0.25) is 9.59 Å². The minimum atomic E-state index is -1.52. The van der Waals surface area contributed by atoms with Gasteiger partial charge in [-0.25, -0.2) is 4.79 Å². The van der Waals surface area contributed by atoms with E-state index < -0.39 is 24.3 Å². The van der Waals surface area contributed by atoms with E-state index in [4.69, 9.17) is 18.9 Å². The molecule has 0 radical (unpaired) electrons. The molecule has 0 fully saturated rings. The highest BCUT2D eigenvalue weighted by Crippen LogP contribution is 2.17. The van der Waals surface area contributed by atoms with E-state index in [1.54, 1.807) is 0 Å². The van der Waals surface area contributed by atoms with E-state index in [0.29, 0.717) is 23.9 Å². The second-order valence-electron chi connectivity index (χ2n) is 26.6. The molecule has 1 N–H and O–H groups in total. The number of rotatable bonds is 70. The summed E-state index contributed by atoms with van der Waals surface area (Å²) in [5.74, 6) is -2.02. The van der Waals surface area contributed by atoms with Crippen molar-refractivity contribution in [2.24, 2.45) is 0 Å². The topological polar surface area (TPSA) is 108 Å². The summed E-state index contributed by atoms with van der Waals surface area (Å²) in [5, 5.41) is 9.77. The Morgan fingerprint density at radius 1 is 0.326 bits per heavy atom. The van der Waals surface area contributed by atoms with Gasteiger partial charge in [0.15, 0.2) is 6.10 Å². The molecular formula is C86H144NO8+. The molecular weight excluding hydrogens is 1170 g/mol. The molecule has 0 aromatic carbocycles. The Morgan fingerprint density at radius 2 is 0.600 bits per heavy atom. The van der Waals surface area contributed by atoms with E-state index in [1.807, 2.05) is 21.1 Å². The van der Waals surface area contributed by atoms with E-state index in [9.17, 15) is 19.5 Å². The summed E-state index contributed by atoms with van der Waals surface area (Å²) >= 11 is 0. The molecule has 9 heteroatoms. The molecule has 540 valence electrons. The summed E-state index contributed by atoms with van der Waals surface area (Å²) < 4.78 is 23.0. The number of aliphatic carboxylic acids is 1. The van der Waals surface area contributed by atoms with Crippen LogP contribution < -0.4 is 0 Å². The SMILES string of the molecule is CC/C=C\C/C=C\C/C=C\C/C=C\C/C=C\C/C=C\C/C=C\C/C=C\C/C=C\C/C=C\CCCCCCCCCCC(=O)OC(COC(=O)CCCCCCCCCCCCCCCCCC/C=C\C/C=C\C/C=C\CCCCCCC)COC(OCC[N+](C)(C)C)C(=O)O. The molecule has 0 rings (SSSR count). The summed E-state index contributed by atoms with van der Waals surface area (Å²) in [6.07, 6.45) is 108. The quantitative estimate of drug-likeness (QED) is 0.0211. The Balaban J connectivity index is 4.14. The van der Waals surface area contributed by atoms with E-state index in [1.165, 1.54) is 154 Å². The Hall–Kier alpha value is -5.09. The van der Waals surface area contributed by atoms with Crippen molar-refractivity contribution in [2.45, 2.75) is 322 Å². The average molecular weight is 1320 g/mol. The van der Waals surface area contributed by atoms with Crippen molar-refractivity contribution in [2.75, 3.05) is 47.5 Å². The maximum atomic E-state index is 13.0. The number of carbonyl (C=O) groups is 3. The van der Waals surface area contributed by atoms with Crippen molar-refractivity contribution >= 4 is 17.9 Å². The molecule has 2 atom stereocenters. The van der Waals surface area contributed by atoms with E-state index in [2.05, 4.69) is 172 Å². The monoisotopic (exact) mass is 1320 g/mol. The van der Waals surface area contributed by atoms with Crippen LogP contribution in [0.2, 0.25) is 0 Å². The maximum absolute atomic E-state index is 13.0. The highest BCUT2D eigenvalue weighted by Gasteiger charge is 2.25. The Morgan fingerprint density at radius 3 is 0.895 bits per heavy atom. The van der Waals surface area contributed by atoms with Crippen molar-refractivity contribution < 1.29 is 42.9 Å². The summed E-state index contributed by atoms with van der Waals surface area (Å²) in [6.45, 7) is 4.75. The van der Waals surface area contributed by atoms with Crippen LogP contribution in [0.3, 0.4) is 0 Å². The number of carbonyl (C=O) groups excluding carboxylic acids is 2. The van der Waals surface area contributed by atoms with Crippen LogP contribution in [-0.2, 0) is 33.3 Å². The van der Waals surface area contributed by atoms with Crippen LogP contribution in [0.4, 0.5) is 0 Å². The van der Waals surface area contributed by atoms with Crippen LogP contribution in [0.1, 0.15) is 309 Å². The fourth-order valence-corrected chi connectivity index (χ4v) is 10.4. The number of nitrogens with zero attached hydrogens (tertiary/aromatic N) is 1. The first-order valence-corrected chi connectivity index (χ1v) is 38.6. The van der Waals surface area contributed by atoms with Crippen LogP contribution in [0.5, 0.6) is 0 Å². The molecule has 0 saturated heterocycles. The van der Waals surface area contributed by atoms with Gasteiger partial charge in [0.05, 0.1) is 34.4 Å². The Kier molecular flexibility index (Phi) is 70.7. The molecule has 0 aliphatic carbocycles. The lowest BCUT2D eigenvalue weighted by Gasteiger charge is -2.25. The highest BCUT2D eigenvalue weighted by atomic mass is 16.7. The van der Waals surface area contributed by atoms with Gasteiger partial charge in [0.2, 0.25) is 0 Å². The van der Waals surface area contributed by atoms with Crippen molar-refractivity contribution in [1.29, 1.82) is 0 Å². The number of ether oxygens (including phenoxy) is 4. The molecule has 95 heavy (non-hydrogen) atoms. The highest BCUT2D eigenvalue weighted by molar-refractivity contribution is 5.71. The largest absolute Gasteiger partial charge is 0.477 e. The normalized spacial score (nSPS) is 13.6. The van der Waals surface area contributed by atoms with Crippen molar-refractivity contribution in [3.8, 4) is 0 Å². The van der Waals surface area contributed by atoms with Gasteiger partial charge in [0, 0.05) is 12.8 Å². The van der Waals surface area contributed by atoms with Crippen LogP contribution in [0, 0.1) is 0 Å². The second kappa shape index (κ2) is 74.7. The number of allylic oxidation sites excluding steroid dienone is 26. The summed E-state index contributed by atoms with van der Waals surface area (Å²) in [5.41, 5.74) is 0. The predicted molar refractivity (Wildman–Crippen MR) is 410 cm³/mol. The molecule has 0 aliphatic rings. The van der Waals surface area contributed by atoms with Crippen LogP contribution in [0.25, 0.3) is 0 Å². The lowest BCUT2D eigenvalue weighted by atomic mass is 10.0. The number of hydrogen-bond acceptors (Lipinski definition) is 7. The average Bonchev–Trinajstić information content (AvgIpc) is 2.92. The van der Waals surface area contributed by atoms with Gasteiger partial charge in [-0.15, -0.1) is 0 Å². The molecule has 9 nitrogen and oxygen atoms in total. The number of hydrogen-bond donors (Lipinski definition) is 1. The number of carboxylic acid groups (broad SMARTS) is 1. The third kappa shape index (κ3) is 76.1. The first kappa shape index (κ1) is 89.9. The molecule has 0 amide bonds. The molecule has 0 aromatic heterocycles. The molecule has 0 aliphatic heterocycles. The molecule has 0 saturated carbocycles. The van der Waals surface area contributed by atoms with Crippen molar-refractivity contribution in [3.05, 3.63) is 158 Å². The van der Waals surface area contributed by atoms with Gasteiger partial charge < -0.3 is 28.5 Å². The van der Waals surface area contributed by atoms with Gasteiger partial charge in [-0.05, 0) is 128 Å². The van der Waals surface area contributed by atoms with Crippen LogP contribution in [0.15, 0.2) is 158 Å². The Labute approximate surface area is 584 Å². The van der Waals surface area contributed by atoms with Crippen molar-refractivity contribution in [1.82, 2.24) is 0 Å². The van der Waals surface area contributed by atoms with E-state index >= 15 is 0 Å². The zero-order valence-corrected chi connectivity index (χ0v) is 61.8. The zero-order valence-electron chi connectivity index (χ0n) is 61.8. The van der Waals surface area contributed by atoms with Crippen LogP contribution >= 0.6 is 0 Å². The van der Waals surface area contributed by atoms with Crippen LogP contribution in [-0.4, -0.2) is 87.4 Å². The standard InChI is InChI=1S/C86H143NO8/c1-6-8-10-12-14-16-18-20-22-24-26-28-30-32-34-36-38-39-40-41-42-43-44-45-47-49-51-53-55-57-59-61-63-65-67-69-71-73-75-77-84(89)95-82(81-94-86(85(90)91)92-79-78-87(3,4)5)80-93-83(88)76-74-72-70-68-66-64-62-60-58-56-54-52-50-48-46-37-35-33-31-29-27-25-23-21-19-17-15-13-11-9-7-2/h8,10,14,16,19-22,25-28,31-34,38-39,41-42,44-45,49,51,55,57,82,86H,6-7,9,11-13,15,17-18,23-24,29-30,35-37,40,43,46-48,50,52-54,56,58-81H2,1-5H3/p+1/b10-8-,16-14-,21-19-,22-20-,27-25-,28-26-,33-31-,34-32-,39-38-,42-41-,45-44-,51-49-,57-55-. The molecule has 0 heterocycles. The van der Waals surface area contributed by atoms with Gasteiger partial charge in [0.1, 0.15) is 13.2 Å². The smallest absolute Gasteiger partial charge is 0.361 e. The number of unbranched alkanes of at least 4 members (excludes halogenated alkanes) is 29. The number of esters is 2. The lowest BCUT2D eigenvalue weighted by Crippen LogP contribution is -2.40. The molecule has 2 unspecified atom stereocenters. The minimum Gasteiger partial charge on any atom is -0.477 e. The number of quaternary nitrogens is 1. The first-order chi connectivity index (χ1) is 46.6. The molecule has 0 aromatic rings.